The molecule has 2 unspecified atom stereocenters. The third-order valence-corrected chi connectivity index (χ3v) is 9.88. The molecule has 0 spiro atoms. The number of amides is 2. The Labute approximate surface area is 288 Å². The molecule has 2 aromatic heterocycles. The average Bonchev–Trinajstić information content (AvgIpc) is 3.77. The molecule has 1 aliphatic carbocycles. The van der Waals surface area contributed by atoms with Crippen molar-refractivity contribution in [2.45, 2.75) is 62.9 Å². The van der Waals surface area contributed by atoms with E-state index in [9.17, 15) is 32.4 Å². The summed E-state index contributed by atoms with van der Waals surface area (Å²) in [5.74, 6) is -1.57. The molecule has 1 fully saturated rings. The van der Waals surface area contributed by atoms with E-state index in [0.717, 1.165) is 31.4 Å². The van der Waals surface area contributed by atoms with Gasteiger partial charge in [-0.1, -0.05) is 31.0 Å². The van der Waals surface area contributed by atoms with Gasteiger partial charge in [-0.25, -0.2) is 18.8 Å². The van der Waals surface area contributed by atoms with Gasteiger partial charge in [0.2, 0.25) is 0 Å². The molecule has 1 saturated carbocycles. The molecule has 2 atom stereocenters. The second-order valence-electron chi connectivity index (χ2n) is 12.9. The maximum absolute atomic E-state index is 15.5. The van der Waals surface area contributed by atoms with Crippen LogP contribution in [0.4, 0.5) is 33.7 Å². The summed E-state index contributed by atoms with van der Waals surface area (Å²) in [5, 5.41) is 22.8. The molecule has 0 radical (unpaired) electrons. The third kappa shape index (κ3) is 7.98. The highest BCUT2D eigenvalue weighted by Gasteiger charge is 2.44. The molecule has 5 rings (SSSR count). The normalized spacial score (nSPS) is 15.2. The van der Waals surface area contributed by atoms with Crippen LogP contribution in [-0.4, -0.2) is 47.5 Å². The monoisotopic (exact) mass is 713 g/mol. The van der Waals surface area contributed by atoms with E-state index in [1.807, 2.05) is 6.07 Å². The van der Waals surface area contributed by atoms with Gasteiger partial charge in [0.1, 0.15) is 21.8 Å². The number of carboxylic acid groups (broad SMARTS) is 1. The number of halogens is 4. The van der Waals surface area contributed by atoms with Crippen LogP contribution < -0.4 is 14.9 Å². The lowest BCUT2D eigenvalue weighted by molar-refractivity contribution is -0.141. The van der Waals surface area contributed by atoms with Crippen molar-refractivity contribution in [3.63, 3.8) is 0 Å². The average molecular weight is 714 g/mol. The Balaban J connectivity index is 1.59. The first-order valence-electron chi connectivity index (χ1n) is 15.6. The smallest absolute Gasteiger partial charge is 0.435 e. The maximum atomic E-state index is 15.5. The zero-order valence-corrected chi connectivity index (χ0v) is 28.1. The lowest BCUT2D eigenvalue weighted by Gasteiger charge is -2.38. The summed E-state index contributed by atoms with van der Waals surface area (Å²) in [6.45, 7) is 5.42. The number of carbonyl (C=O) groups is 2. The molecule has 4 aromatic rings. The number of carbonyl (C=O) groups excluding carboxylic acids is 1. The van der Waals surface area contributed by atoms with Crippen molar-refractivity contribution in [1.82, 2.24) is 19.5 Å². The molecular formula is C34H35F4N7O4S. The van der Waals surface area contributed by atoms with E-state index in [1.165, 1.54) is 30.3 Å². The first-order chi connectivity index (χ1) is 23.5. The van der Waals surface area contributed by atoms with Gasteiger partial charge in [0.05, 0.1) is 23.4 Å². The second kappa shape index (κ2) is 14.2. The van der Waals surface area contributed by atoms with Gasteiger partial charge < -0.3 is 15.0 Å². The van der Waals surface area contributed by atoms with Crippen LogP contribution in [-0.2, 0) is 23.1 Å². The standard InChI is InChI=1S/C34H35F4N7O4S/c1-32(2,3)50(49)43-33(14-13-21-9-10-21,23-6-5-15-40-19-23)22-11-12-26(35)27(16-22)41-30(46)28-18-29(34(36,37)38)42-45(28)25-8-4-7-24(17-25)44(20-39)31(47)48/h4-8,11-12,15-21,39,43H,9-10,13-14H2,1-3H3,(H,41,46)(H,47,48). The molecule has 1 aliphatic rings. The van der Waals surface area contributed by atoms with Gasteiger partial charge in [0, 0.05) is 29.8 Å². The summed E-state index contributed by atoms with van der Waals surface area (Å²) in [5.41, 5.74) is -2.70. The quantitative estimate of drug-likeness (QED) is 0.0521. The van der Waals surface area contributed by atoms with E-state index in [1.54, 1.807) is 39.2 Å². The van der Waals surface area contributed by atoms with Crippen LogP contribution in [0.3, 0.4) is 0 Å². The fraction of sp³-hybridized carbons (Fsp3) is 0.324. The number of anilines is 2. The van der Waals surface area contributed by atoms with E-state index < -0.39 is 57.0 Å². The molecule has 2 heterocycles. The number of benzene rings is 2. The fourth-order valence-electron chi connectivity index (χ4n) is 5.34. The number of alkyl halides is 3. The highest BCUT2D eigenvalue weighted by Crippen LogP contribution is 2.43. The molecule has 50 heavy (non-hydrogen) atoms. The van der Waals surface area contributed by atoms with E-state index in [2.05, 4.69) is 20.1 Å². The van der Waals surface area contributed by atoms with Gasteiger partial charge in [-0.05, 0) is 87.1 Å². The van der Waals surface area contributed by atoms with E-state index in [0.29, 0.717) is 45.5 Å². The Hall–Kier alpha value is -4.80. The Kier molecular flexibility index (Phi) is 10.4. The first-order valence-corrected chi connectivity index (χ1v) is 16.7. The fourth-order valence-corrected chi connectivity index (χ4v) is 6.30. The molecule has 264 valence electrons. The van der Waals surface area contributed by atoms with Crippen molar-refractivity contribution < 1.29 is 36.8 Å². The van der Waals surface area contributed by atoms with Gasteiger partial charge in [0.15, 0.2) is 5.69 Å². The molecular weight excluding hydrogens is 678 g/mol. The van der Waals surface area contributed by atoms with Gasteiger partial charge >= 0.3 is 12.3 Å². The molecule has 0 saturated heterocycles. The topological polar surface area (TPSA) is 159 Å². The molecule has 16 heteroatoms. The zero-order chi connectivity index (χ0) is 36.4. The highest BCUT2D eigenvalue weighted by molar-refractivity contribution is 7.90. The summed E-state index contributed by atoms with van der Waals surface area (Å²) < 4.78 is 74.0. The predicted molar refractivity (Wildman–Crippen MR) is 180 cm³/mol. The lowest BCUT2D eigenvalue weighted by Crippen LogP contribution is -2.52. The van der Waals surface area contributed by atoms with Gasteiger partial charge in [0.25, 0.3) is 5.91 Å². The molecule has 0 bridgehead atoms. The summed E-state index contributed by atoms with van der Waals surface area (Å²) >= 11 is -1.62. The van der Waals surface area contributed by atoms with Gasteiger partial charge in [-0.15, -0.1) is 4.72 Å². The second-order valence-corrected chi connectivity index (χ2v) is 14.9. The zero-order valence-electron chi connectivity index (χ0n) is 27.3. The van der Waals surface area contributed by atoms with E-state index in [-0.39, 0.29) is 17.1 Å². The minimum Gasteiger partial charge on any atom is -0.598 e. The molecule has 0 aliphatic heterocycles. The SMILES string of the molecule is CC(C)(C)[S+]([O-])NC(CCC1CC1)(c1cccnc1)c1ccc(F)c(NC(=O)c2cc(C(F)(F)F)nn2-c2cccc(N(C=N)C(=O)O)c2)c1. The Morgan fingerprint density at radius 3 is 2.44 bits per heavy atom. The van der Waals surface area contributed by atoms with Crippen molar-refractivity contribution >= 4 is 41.1 Å². The Morgan fingerprint density at radius 1 is 1.10 bits per heavy atom. The number of pyridine rings is 1. The maximum Gasteiger partial charge on any atom is 0.435 e. The minimum absolute atomic E-state index is 0.0998. The van der Waals surface area contributed by atoms with Crippen molar-refractivity contribution in [2.24, 2.45) is 5.92 Å². The number of nitrogens with zero attached hydrogens (tertiary/aromatic N) is 4. The van der Waals surface area contributed by atoms with Crippen LogP contribution >= 0.6 is 0 Å². The third-order valence-electron chi connectivity index (χ3n) is 8.23. The Morgan fingerprint density at radius 2 is 1.84 bits per heavy atom. The summed E-state index contributed by atoms with van der Waals surface area (Å²) in [6.07, 6.45) is 0.499. The van der Waals surface area contributed by atoms with Crippen molar-refractivity contribution in [3.05, 3.63) is 101 Å². The molecule has 11 nitrogen and oxygen atoms in total. The number of aromatic nitrogens is 3. The molecule has 2 aromatic carbocycles. The number of nitrogens with one attached hydrogen (secondary N) is 3. The lowest BCUT2D eigenvalue weighted by atomic mass is 9.80. The first kappa shape index (κ1) is 36.5. The van der Waals surface area contributed by atoms with Crippen LogP contribution in [0.5, 0.6) is 0 Å². The van der Waals surface area contributed by atoms with Crippen molar-refractivity contribution in [1.29, 1.82) is 5.41 Å². The van der Waals surface area contributed by atoms with Gasteiger partial charge in [-0.3, -0.25) is 15.2 Å². The van der Waals surface area contributed by atoms with Gasteiger partial charge in [-0.2, -0.15) is 18.3 Å². The molecule has 2 amide bonds. The summed E-state index contributed by atoms with van der Waals surface area (Å²) in [6, 6.07) is 13.1. The van der Waals surface area contributed by atoms with Crippen molar-refractivity contribution in [2.75, 3.05) is 10.2 Å². The summed E-state index contributed by atoms with van der Waals surface area (Å²) in [4.78, 5) is 30.1. The number of hydrogen-bond acceptors (Lipinski definition) is 7. The highest BCUT2D eigenvalue weighted by atomic mass is 32.2. The van der Waals surface area contributed by atoms with Crippen LogP contribution in [0.1, 0.15) is 73.8 Å². The predicted octanol–water partition coefficient (Wildman–Crippen LogP) is 7.25. The van der Waals surface area contributed by atoms with Crippen LogP contribution in [0, 0.1) is 17.1 Å². The van der Waals surface area contributed by atoms with Crippen LogP contribution in [0.2, 0.25) is 0 Å². The largest absolute Gasteiger partial charge is 0.598 e. The molecule has 4 N–H and O–H groups in total. The van der Waals surface area contributed by atoms with Crippen molar-refractivity contribution in [3.8, 4) is 5.69 Å². The Bertz CT molecular complexity index is 1880. The number of hydrogen-bond donors (Lipinski definition) is 4. The summed E-state index contributed by atoms with van der Waals surface area (Å²) in [7, 11) is 0. The van der Waals surface area contributed by atoms with E-state index in [4.69, 9.17) is 5.41 Å². The number of rotatable bonds is 12. The van der Waals surface area contributed by atoms with E-state index >= 15 is 4.39 Å². The van der Waals surface area contributed by atoms with Crippen LogP contribution in [0.25, 0.3) is 5.69 Å². The van der Waals surface area contributed by atoms with Crippen LogP contribution in [0.15, 0.2) is 73.1 Å². The minimum atomic E-state index is -4.97.